The summed E-state index contributed by atoms with van der Waals surface area (Å²) in [6.45, 7) is 2.41. The Morgan fingerprint density at radius 3 is 2.47 bits per heavy atom. The summed E-state index contributed by atoms with van der Waals surface area (Å²) in [4.78, 5) is 0. The molecule has 1 N–H and O–H groups in total. The van der Waals surface area contributed by atoms with Crippen molar-refractivity contribution in [3.63, 3.8) is 0 Å². The summed E-state index contributed by atoms with van der Waals surface area (Å²) >= 11 is 0. The summed E-state index contributed by atoms with van der Waals surface area (Å²) in [7, 11) is 0. The molecule has 0 aromatic heterocycles. The fourth-order valence-corrected chi connectivity index (χ4v) is 3.41. The van der Waals surface area contributed by atoms with Crippen LogP contribution in [0, 0.1) is 5.92 Å². The van der Waals surface area contributed by atoms with Gasteiger partial charge in [0.25, 0.3) is 0 Å². The minimum atomic E-state index is 0.646. The average molecular weight is 235 g/mol. The molecule has 1 nitrogen and oxygen atoms in total. The van der Waals surface area contributed by atoms with Crippen LogP contribution in [0.4, 0.5) is 0 Å². The molecule has 0 aliphatic heterocycles. The molecule has 98 valence electrons. The fraction of sp³-hybridized carbons (Fsp3) is 0.875. The van der Waals surface area contributed by atoms with Crippen LogP contribution in [0.1, 0.15) is 71.1 Å². The van der Waals surface area contributed by atoms with Crippen molar-refractivity contribution >= 4 is 0 Å². The van der Waals surface area contributed by atoms with Gasteiger partial charge in [-0.2, -0.15) is 0 Å². The molecule has 0 bridgehead atoms. The van der Waals surface area contributed by atoms with Gasteiger partial charge in [-0.3, -0.25) is 0 Å². The lowest BCUT2D eigenvalue weighted by Gasteiger charge is -2.31. The van der Waals surface area contributed by atoms with Crippen LogP contribution in [0.5, 0.6) is 0 Å². The predicted octanol–water partition coefficient (Wildman–Crippen LogP) is 4.43. The first kappa shape index (κ1) is 13.1. The van der Waals surface area contributed by atoms with Crippen LogP contribution in [0.2, 0.25) is 0 Å². The minimum Gasteiger partial charge on any atom is -0.308 e. The summed E-state index contributed by atoms with van der Waals surface area (Å²) in [6.07, 6.45) is 18.9. The first-order chi connectivity index (χ1) is 8.36. The third kappa shape index (κ3) is 4.46. The van der Waals surface area contributed by atoms with E-state index < -0.39 is 0 Å². The van der Waals surface area contributed by atoms with Gasteiger partial charge in [0.15, 0.2) is 0 Å². The SMILES string of the molecule is CC(NC1/C=C/CCCCC1)C1CCCCC1. The summed E-state index contributed by atoms with van der Waals surface area (Å²) in [5, 5.41) is 3.87. The van der Waals surface area contributed by atoms with E-state index in [-0.39, 0.29) is 0 Å². The second-order valence-electron chi connectivity index (χ2n) is 6.03. The molecule has 0 saturated heterocycles. The number of hydrogen-bond donors (Lipinski definition) is 1. The maximum atomic E-state index is 3.87. The van der Waals surface area contributed by atoms with Gasteiger partial charge >= 0.3 is 0 Å². The van der Waals surface area contributed by atoms with Crippen LogP contribution in [-0.4, -0.2) is 12.1 Å². The standard InChI is InChI=1S/C16H29N/c1-14(15-10-6-5-7-11-15)17-16-12-8-3-2-4-9-13-16/h8,12,14-17H,2-7,9-11,13H2,1H3/b12-8+. The van der Waals surface area contributed by atoms with Crippen molar-refractivity contribution in [1.29, 1.82) is 0 Å². The van der Waals surface area contributed by atoms with Gasteiger partial charge in [0, 0.05) is 12.1 Å². The highest BCUT2D eigenvalue weighted by molar-refractivity contribution is 4.96. The molecule has 2 unspecified atom stereocenters. The quantitative estimate of drug-likeness (QED) is 0.713. The first-order valence-corrected chi connectivity index (χ1v) is 7.79. The molecule has 0 amide bonds. The van der Waals surface area contributed by atoms with Crippen LogP contribution in [0.3, 0.4) is 0 Å². The molecule has 0 heterocycles. The molecular weight excluding hydrogens is 206 g/mol. The van der Waals surface area contributed by atoms with Gasteiger partial charge in [0.2, 0.25) is 0 Å². The largest absolute Gasteiger partial charge is 0.308 e. The van der Waals surface area contributed by atoms with E-state index in [0.717, 1.165) is 5.92 Å². The molecule has 2 aliphatic rings. The lowest BCUT2D eigenvalue weighted by molar-refractivity contribution is 0.268. The Labute approximate surface area is 107 Å². The normalized spacial score (nSPS) is 31.5. The summed E-state index contributed by atoms with van der Waals surface area (Å²) < 4.78 is 0. The van der Waals surface area contributed by atoms with Crippen molar-refractivity contribution < 1.29 is 0 Å². The van der Waals surface area contributed by atoms with E-state index in [9.17, 15) is 0 Å². The molecule has 2 atom stereocenters. The lowest BCUT2D eigenvalue weighted by atomic mass is 9.84. The summed E-state index contributed by atoms with van der Waals surface area (Å²) in [6, 6.07) is 1.36. The van der Waals surface area contributed by atoms with E-state index in [2.05, 4.69) is 24.4 Å². The zero-order chi connectivity index (χ0) is 11.9. The molecule has 0 aromatic carbocycles. The lowest BCUT2D eigenvalue weighted by Crippen LogP contribution is -2.40. The average Bonchev–Trinajstić information content (AvgIpc) is 2.33. The monoisotopic (exact) mass is 235 g/mol. The number of nitrogens with one attached hydrogen (secondary N) is 1. The zero-order valence-corrected chi connectivity index (χ0v) is 11.5. The molecule has 17 heavy (non-hydrogen) atoms. The first-order valence-electron chi connectivity index (χ1n) is 7.79. The van der Waals surface area contributed by atoms with Crippen molar-refractivity contribution in [2.75, 3.05) is 0 Å². The molecule has 0 aromatic rings. The van der Waals surface area contributed by atoms with Crippen molar-refractivity contribution in [1.82, 2.24) is 5.32 Å². The number of hydrogen-bond acceptors (Lipinski definition) is 1. The molecular formula is C16H29N. The highest BCUT2D eigenvalue weighted by Crippen LogP contribution is 2.27. The molecule has 1 saturated carbocycles. The Hall–Kier alpha value is -0.300. The predicted molar refractivity (Wildman–Crippen MR) is 75.2 cm³/mol. The van der Waals surface area contributed by atoms with Gasteiger partial charge in [0.1, 0.15) is 0 Å². The third-order valence-electron chi connectivity index (χ3n) is 4.59. The van der Waals surface area contributed by atoms with Crippen molar-refractivity contribution in [3.8, 4) is 0 Å². The maximum Gasteiger partial charge on any atom is 0.0252 e. The van der Waals surface area contributed by atoms with Gasteiger partial charge in [-0.1, -0.05) is 44.3 Å². The maximum absolute atomic E-state index is 3.87. The van der Waals surface area contributed by atoms with E-state index in [1.807, 2.05) is 0 Å². The fourth-order valence-electron chi connectivity index (χ4n) is 3.41. The van der Waals surface area contributed by atoms with Crippen molar-refractivity contribution in [3.05, 3.63) is 12.2 Å². The second kappa shape index (κ2) is 7.20. The van der Waals surface area contributed by atoms with E-state index in [4.69, 9.17) is 0 Å². The van der Waals surface area contributed by atoms with Gasteiger partial charge < -0.3 is 5.32 Å². The second-order valence-corrected chi connectivity index (χ2v) is 6.03. The smallest absolute Gasteiger partial charge is 0.0252 e. The molecule has 1 heteroatoms. The highest BCUT2D eigenvalue weighted by atomic mass is 14.9. The minimum absolute atomic E-state index is 0.646. The van der Waals surface area contributed by atoms with Gasteiger partial charge in [-0.15, -0.1) is 0 Å². The summed E-state index contributed by atoms with van der Waals surface area (Å²) in [5.41, 5.74) is 0. The molecule has 2 aliphatic carbocycles. The van der Waals surface area contributed by atoms with Gasteiger partial charge in [-0.25, -0.2) is 0 Å². The molecule has 0 spiro atoms. The topological polar surface area (TPSA) is 12.0 Å². The molecule has 2 rings (SSSR count). The van der Waals surface area contributed by atoms with E-state index >= 15 is 0 Å². The Kier molecular flexibility index (Phi) is 5.57. The van der Waals surface area contributed by atoms with Crippen LogP contribution >= 0.6 is 0 Å². The number of rotatable bonds is 3. The zero-order valence-electron chi connectivity index (χ0n) is 11.5. The Balaban J connectivity index is 1.79. The third-order valence-corrected chi connectivity index (χ3v) is 4.59. The Bertz CT molecular complexity index is 228. The van der Waals surface area contributed by atoms with Crippen molar-refractivity contribution in [2.24, 2.45) is 5.92 Å². The van der Waals surface area contributed by atoms with Crippen LogP contribution < -0.4 is 5.32 Å². The Morgan fingerprint density at radius 1 is 0.941 bits per heavy atom. The van der Waals surface area contributed by atoms with E-state index in [1.165, 1.54) is 64.2 Å². The van der Waals surface area contributed by atoms with E-state index in [0.29, 0.717) is 12.1 Å². The van der Waals surface area contributed by atoms with E-state index in [1.54, 1.807) is 0 Å². The van der Waals surface area contributed by atoms with Gasteiger partial charge in [-0.05, 0) is 44.9 Å². The van der Waals surface area contributed by atoms with Crippen LogP contribution in [-0.2, 0) is 0 Å². The van der Waals surface area contributed by atoms with Crippen molar-refractivity contribution in [2.45, 2.75) is 83.2 Å². The van der Waals surface area contributed by atoms with Crippen LogP contribution in [0.25, 0.3) is 0 Å². The molecule has 0 radical (unpaired) electrons. The molecule has 1 fully saturated rings. The highest BCUT2D eigenvalue weighted by Gasteiger charge is 2.21. The van der Waals surface area contributed by atoms with Gasteiger partial charge in [0.05, 0.1) is 0 Å². The summed E-state index contributed by atoms with van der Waals surface area (Å²) in [5.74, 6) is 0.933. The Morgan fingerprint density at radius 2 is 1.65 bits per heavy atom. The number of allylic oxidation sites excluding steroid dienone is 1. The van der Waals surface area contributed by atoms with Crippen LogP contribution in [0.15, 0.2) is 12.2 Å².